The average Bonchev–Trinajstić information content (AvgIpc) is 2.17. The van der Waals surface area contributed by atoms with Gasteiger partial charge in [0, 0.05) is 6.20 Å². The fourth-order valence-electron chi connectivity index (χ4n) is 1.15. The molecule has 0 fully saturated rings. The Balaban J connectivity index is 2.92. The van der Waals surface area contributed by atoms with Gasteiger partial charge in [0.05, 0.1) is 6.04 Å². The maximum atomic E-state index is 12.3. The van der Waals surface area contributed by atoms with E-state index >= 15 is 0 Å². The lowest BCUT2D eigenvalue weighted by atomic mass is 10.1. The highest BCUT2D eigenvalue weighted by Crippen LogP contribution is 2.27. The van der Waals surface area contributed by atoms with Crippen LogP contribution < -0.4 is 5.73 Å². The number of alkyl halides is 3. The van der Waals surface area contributed by atoms with E-state index in [1.54, 1.807) is 0 Å². The van der Waals surface area contributed by atoms with E-state index < -0.39 is 17.9 Å². The third-order valence-electron chi connectivity index (χ3n) is 1.90. The summed E-state index contributed by atoms with van der Waals surface area (Å²) in [7, 11) is 0. The van der Waals surface area contributed by atoms with Crippen molar-refractivity contribution in [3.63, 3.8) is 0 Å². The predicted octanol–water partition coefficient (Wildman–Crippen LogP) is 2.30. The highest BCUT2D eigenvalue weighted by atomic mass is 19.4. The zero-order chi connectivity index (χ0) is 11.5. The Bertz CT molecular complexity index is 325. The first-order valence-electron chi connectivity index (χ1n) is 4.61. The molecule has 0 saturated carbocycles. The molecule has 0 radical (unpaired) electrons. The number of nitrogens with zero attached hydrogens (tertiary/aromatic N) is 2. The molecule has 1 aromatic rings. The molecule has 1 atom stereocenters. The Morgan fingerprint density at radius 3 is 2.67 bits per heavy atom. The molecule has 2 N–H and O–H groups in total. The van der Waals surface area contributed by atoms with Gasteiger partial charge in [-0.05, 0) is 12.5 Å². The molecule has 0 aromatic carbocycles. The largest absolute Gasteiger partial charge is 0.433 e. The van der Waals surface area contributed by atoms with Crippen LogP contribution in [0, 0.1) is 0 Å². The fourth-order valence-corrected chi connectivity index (χ4v) is 1.15. The van der Waals surface area contributed by atoms with Gasteiger partial charge in [0.2, 0.25) is 0 Å². The van der Waals surface area contributed by atoms with Crippen LogP contribution >= 0.6 is 0 Å². The summed E-state index contributed by atoms with van der Waals surface area (Å²) < 4.78 is 36.9. The first-order valence-corrected chi connectivity index (χ1v) is 4.61. The topological polar surface area (TPSA) is 51.8 Å². The number of nitrogens with two attached hydrogens (primary N) is 1. The van der Waals surface area contributed by atoms with E-state index in [0.717, 1.165) is 18.7 Å². The van der Waals surface area contributed by atoms with Crippen LogP contribution in [0.1, 0.15) is 37.3 Å². The Hall–Kier alpha value is -1.17. The quantitative estimate of drug-likeness (QED) is 0.848. The van der Waals surface area contributed by atoms with Gasteiger partial charge in [0.25, 0.3) is 0 Å². The van der Waals surface area contributed by atoms with Gasteiger partial charge in [0.1, 0.15) is 11.5 Å². The normalized spacial score (nSPS) is 13.9. The molecular weight excluding hydrogens is 207 g/mol. The molecule has 0 aliphatic heterocycles. The molecule has 1 aromatic heterocycles. The Kier molecular flexibility index (Phi) is 3.62. The molecule has 84 valence electrons. The van der Waals surface area contributed by atoms with Crippen molar-refractivity contribution in [2.45, 2.75) is 32.0 Å². The van der Waals surface area contributed by atoms with E-state index in [2.05, 4.69) is 9.97 Å². The second kappa shape index (κ2) is 4.57. The monoisotopic (exact) mass is 219 g/mol. The van der Waals surface area contributed by atoms with Crippen LogP contribution in [0.15, 0.2) is 12.3 Å². The first kappa shape index (κ1) is 11.9. The van der Waals surface area contributed by atoms with Crippen LogP contribution in [0.4, 0.5) is 13.2 Å². The number of hydrogen-bond donors (Lipinski definition) is 1. The Labute approximate surface area is 85.5 Å². The van der Waals surface area contributed by atoms with Crippen molar-refractivity contribution >= 4 is 0 Å². The van der Waals surface area contributed by atoms with Crippen molar-refractivity contribution in [1.29, 1.82) is 0 Å². The van der Waals surface area contributed by atoms with E-state index in [1.807, 2.05) is 6.92 Å². The van der Waals surface area contributed by atoms with E-state index in [9.17, 15) is 13.2 Å². The van der Waals surface area contributed by atoms with Gasteiger partial charge in [-0.25, -0.2) is 9.97 Å². The molecule has 3 nitrogen and oxygen atoms in total. The Morgan fingerprint density at radius 1 is 1.47 bits per heavy atom. The third-order valence-corrected chi connectivity index (χ3v) is 1.90. The van der Waals surface area contributed by atoms with Crippen LogP contribution in [0.5, 0.6) is 0 Å². The molecule has 0 amide bonds. The van der Waals surface area contributed by atoms with Gasteiger partial charge in [-0.2, -0.15) is 13.2 Å². The summed E-state index contributed by atoms with van der Waals surface area (Å²) >= 11 is 0. The van der Waals surface area contributed by atoms with Gasteiger partial charge in [0.15, 0.2) is 0 Å². The predicted molar refractivity (Wildman–Crippen MR) is 48.9 cm³/mol. The van der Waals surface area contributed by atoms with Crippen LogP contribution in [0.3, 0.4) is 0 Å². The van der Waals surface area contributed by atoms with Gasteiger partial charge in [-0.3, -0.25) is 0 Å². The van der Waals surface area contributed by atoms with Gasteiger partial charge in [-0.1, -0.05) is 13.3 Å². The van der Waals surface area contributed by atoms with E-state index in [0.29, 0.717) is 6.42 Å². The van der Waals surface area contributed by atoms with Crippen molar-refractivity contribution < 1.29 is 13.2 Å². The molecule has 1 heterocycles. The van der Waals surface area contributed by atoms with Crippen LogP contribution in [-0.2, 0) is 6.18 Å². The smallest absolute Gasteiger partial charge is 0.321 e. The minimum absolute atomic E-state index is 0.0478. The number of aromatic nitrogens is 2. The van der Waals surface area contributed by atoms with Gasteiger partial charge < -0.3 is 5.73 Å². The second-order valence-corrected chi connectivity index (χ2v) is 3.19. The summed E-state index contributed by atoms with van der Waals surface area (Å²) in [6.07, 6.45) is -2.01. The summed E-state index contributed by atoms with van der Waals surface area (Å²) in [4.78, 5) is 7.14. The molecule has 1 unspecified atom stereocenters. The van der Waals surface area contributed by atoms with Crippen molar-refractivity contribution in [3.05, 3.63) is 23.8 Å². The van der Waals surface area contributed by atoms with Gasteiger partial charge >= 0.3 is 6.18 Å². The molecule has 6 heteroatoms. The molecule has 0 aliphatic carbocycles. The molecule has 1 rings (SSSR count). The SMILES string of the molecule is CCCC(N)c1nccc(C(F)(F)F)n1. The maximum absolute atomic E-state index is 12.3. The van der Waals surface area contributed by atoms with Crippen molar-refractivity contribution in [2.24, 2.45) is 5.73 Å². The van der Waals surface area contributed by atoms with Crippen molar-refractivity contribution in [2.75, 3.05) is 0 Å². The molecular formula is C9H12F3N3. The molecule has 0 bridgehead atoms. The average molecular weight is 219 g/mol. The second-order valence-electron chi connectivity index (χ2n) is 3.19. The molecule has 0 aliphatic rings. The zero-order valence-corrected chi connectivity index (χ0v) is 8.25. The zero-order valence-electron chi connectivity index (χ0n) is 8.25. The van der Waals surface area contributed by atoms with Crippen molar-refractivity contribution in [1.82, 2.24) is 9.97 Å². The Morgan fingerprint density at radius 2 is 2.13 bits per heavy atom. The van der Waals surface area contributed by atoms with Crippen LogP contribution in [-0.4, -0.2) is 9.97 Å². The molecule has 0 spiro atoms. The number of halogens is 3. The third kappa shape index (κ3) is 3.16. The number of hydrogen-bond acceptors (Lipinski definition) is 3. The van der Waals surface area contributed by atoms with Crippen LogP contribution in [0.25, 0.3) is 0 Å². The standard InChI is InChI=1S/C9H12F3N3/c1-2-3-6(13)8-14-5-4-7(15-8)9(10,11)12/h4-6H,2-3,13H2,1H3. The summed E-state index contributed by atoms with van der Waals surface area (Å²) in [5, 5.41) is 0. The van der Waals surface area contributed by atoms with E-state index in [4.69, 9.17) is 5.73 Å². The van der Waals surface area contributed by atoms with E-state index in [-0.39, 0.29) is 5.82 Å². The minimum atomic E-state index is -4.44. The lowest BCUT2D eigenvalue weighted by molar-refractivity contribution is -0.141. The first-order chi connectivity index (χ1) is 6.95. The molecule has 15 heavy (non-hydrogen) atoms. The van der Waals surface area contributed by atoms with E-state index in [1.165, 1.54) is 0 Å². The fraction of sp³-hybridized carbons (Fsp3) is 0.556. The highest BCUT2D eigenvalue weighted by molar-refractivity contribution is 5.07. The molecule has 0 saturated heterocycles. The summed E-state index contributed by atoms with van der Waals surface area (Å²) in [6, 6.07) is 0.305. The summed E-state index contributed by atoms with van der Waals surface area (Å²) in [5.74, 6) is 0.0478. The summed E-state index contributed by atoms with van der Waals surface area (Å²) in [6.45, 7) is 1.90. The van der Waals surface area contributed by atoms with Crippen molar-refractivity contribution in [3.8, 4) is 0 Å². The van der Waals surface area contributed by atoms with Gasteiger partial charge in [-0.15, -0.1) is 0 Å². The lowest BCUT2D eigenvalue weighted by Gasteiger charge is -2.11. The summed E-state index contributed by atoms with van der Waals surface area (Å²) in [5.41, 5.74) is 4.68. The maximum Gasteiger partial charge on any atom is 0.433 e. The lowest BCUT2D eigenvalue weighted by Crippen LogP contribution is -2.17. The number of rotatable bonds is 3. The minimum Gasteiger partial charge on any atom is -0.321 e. The highest BCUT2D eigenvalue weighted by Gasteiger charge is 2.33. The van der Waals surface area contributed by atoms with Crippen LogP contribution in [0.2, 0.25) is 0 Å².